The SMILES string of the molecule is COc1ccccc1CNC(=O)CCN1CCO[C@@H](c2ccccc2)C1. The summed E-state index contributed by atoms with van der Waals surface area (Å²) in [4.78, 5) is 14.5. The summed E-state index contributed by atoms with van der Waals surface area (Å²) in [5.41, 5.74) is 2.18. The number of hydrogen-bond donors (Lipinski definition) is 1. The molecular weight excluding hydrogens is 328 g/mol. The van der Waals surface area contributed by atoms with Crippen molar-refractivity contribution >= 4 is 5.91 Å². The summed E-state index contributed by atoms with van der Waals surface area (Å²) in [5.74, 6) is 0.852. The zero-order chi connectivity index (χ0) is 18.2. The number of morpholine rings is 1. The number of methoxy groups -OCH3 is 1. The van der Waals surface area contributed by atoms with Crippen LogP contribution in [0, 0.1) is 0 Å². The normalized spacial score (nSPS) is 17.7. The van der Waals surface area contributed by atoms with Crippen LogP contribution in [-0.4, -0.2) is 44.2 Å². The van der Waals surface area contributed by atoms with E-state index in [1.807, 2.05) is 42.5 Å². The van der Waals surface area contributed by atoms with E-state index in [1.165, 1.54) is 5.56 Å². The Kier molecular flexibility index (Phi) is 6.63. The van der Waals surface area contributed by atoms with Gasteiger partial charge in [-0.1, -0.05) is 48.5 Å². The molecule has 5 heteroatoms. The Hall–Kier alpha value is -2.37. The van der Waals surface area contributed by atoms with Crippen LogP contribution in [0.5, 0.6) is 5.75 Å². The third-order valence-corrected chi connectivity index (χ3v) is 4.65. The molecule has 1 amide bonds. The first-order chi connectivity index (χ1) is 12.8. The van der Waals surface area contributed by atoms with Crippen LogP contribution in [-0.2, 0) is 16.1 Å². The molecule has 1 N–H and O–H groups in total. The quantitative estimate of drug-likeness (QED) is 0.831. The van der Waals surface area contributed by atoms with E-state index < -0.39 is 0 Å². The first-order valence-electron chi connectivity index (χ1n) is 9.04. The highest BCUT2D eigenvalue weighted by molar-refractivity contribution is 5.76. The molecule has 1 aliphatic heterocycles. The lowest BCUT2D eigenvalue weighted by molar-refractivity contribution is -0.122. The highest BCUT2D eigenvalue weighted by atomic mass is 16.5. The largest absolute Gasteiger partial charge is 0.496 e. The minimum absolute atomic E-state index is 0.0543. The lowest BCUT2D eigenvalue weighted by atomic mass is 10.1. The van der Waals surface area contributed by atoms with Gasteiger partial charge in [-0.15, -0.1) is 0 Å². The molecule has 138 valence electrons. The summed E-state index contributed by atoms with van der Waals surface area (Å²) in [6.07, 6.45) is 0.568. The summed E-state index contributed by atoms with van der Waals surface area (Å²) in [6, 6.07) is 18.0. The minimum Gasteiger partial charge on any atom is -0.496 e. The molecule has 2 aromatic carbocycles. The number of benzene rings is 2. The molecule has 1 atom stereocenters. The molecule has 0 aromatic heterocycles. The highest BCUT2D eigenvalue weighted by Crippen LogP contribution is 2.22. The molecule has 0 radical (unpaired) electrons. The van der Waals surface area contributed by atoms with Gasteiger partial charge in [-0.3, -0.25) is 9.69 Å². The second-order valence-corrected chi connectivity index (χ2v) is 6.41. The molecule has 1 aliphatic rings. The molecular formula is C21H26N2O3. The van der Waals surface area contributed by atoms with Crippen molar-refractivity contribution in [2.24, 2.45) is 0 Å². The molecule has 0 spiro atoms. The van der Waals surface area contributed by atoms with Crippen molar-refractivity contribution in [2.75, 3.05) is 33.4 Å². The lowest BCUT2D eigenvalue weighted by Crippen LogP contribution is -2.40. The van der Waals surface area contributed by atoms with Gasteiger partial charge in [0, 0.05) is 38.2 Å². The smallest absolute Gasteiger partial charge is 0.221 e. The Bertz CT molecular complexity index is 705. The Balaban J connectivity index is 1.44. The second kappa shape index (κ2) is 9.36. The van der Waals surface area contributed by atoms with Crippen molar-refractivity contribution in [1.29, 1.82) is 0 Å². The average Bonchev–Trinajstić information content (AvgIpc) is 2.71. The Morgan fingerprint density at radius 2 is 1.96 bits per heavy atom. The Morgan fingerprint density at radius 3 is 2.77 bits per heavy atom. The number of carbonyl (C=O) groups excluding carboxylic acids is 1. The molecule has 1 fully saturated rings. The van der Waals surface area contributed by atoms with Crippen molar-refractivity contribution in [1.82, 2.24) is 10.2 Å². The van der Waals surface area contributed by atoms with Gasteiger partial charge >= 0.3 is 0 Å². The van der Waals surface area contributed by atoms with E-state index in [4.69, 9.17) is 9.47 Å². The third-order valence-electron chi connectivity index (χ3n) is 4.65. The molecule has 1 heterocycles. The van der Waals surface area contributed by atoms with Crippen molar-refractivity contribution in [2.45, 2.75) is 19.1 Å². The standard InChI is InChI=1S/C21H26N2O3/c1-25-19-10-6-5-9-18(19)15-22-21(24)11-12-23-13-14-26-20(16-23)17-7-3-2-4-8-17/h2-10,20H,11-16H2,1H3,(H,22,24)/t20-/m1/s1. The van der Waals surface area contributed by atoms with Crippen LogP contribution in [0.15, 0.2) is 54.6 Å². The Morgan fingerprint density at radius 1 is 1.19 bits per heavy atom. The first kappa shape index (κ1) is 18.4. The van der Waals surface area contributed by atoms with E-state index in [0.717, 1.165) is 30.9 Å². The van der Waals surface area contributed by atoms with Crippen LogP contribution in [0.2, 0.25) is 0 Å². The molecule has 0 bridgehead atoms. The Labute approximate surface area is 154 Å². The summed E-state index contributed by atoms with van der Waals surface area (Å²) in [6.45, 7) is 3.61. The van der Waals surface area contributed by atoms with Crippen LogP contribution < -0.4 is 10.1 Å². The van der Waals surface area contributed by atoms with Gasteiger partial charge < -0.3 is 14.8 Å². The number of hydrogen-bond acceptors (Lipinski definition) is 4. The number of carbonyl (C=O) groups is 1. The summed E-state index contributed by atoms with van der Waals surface area (Å²) < 4.78 is 11.2. The van der Waals surface area contributed by atoms with Crippen LogP contribution in [0.1, 0.15) is 23.7 Å². The zero-order valence-electron chi connectivity index (χ0n) is 15.2. The predicted octanol–water partition coefficient (Wildman–Crippen LogP) is 2.78. The number of amides is 1. The fourth-order valence-corrected chi connectivity index (χ4v) is 3.17. The number of rotatable bonds is 7. The fraction of sp³-hybridized carbons (Fsp3) is 0.381. The van der Waals surface area contributed by atoms with E-state index in [1.54, 1.807) is 7.11 Å². The molecule has 2 aromatic rings. The van der Waals surface area contributed by atoms with Crippen LogP contribution in [0.25, 0.3) is 0 Å². The molecule has 1 saturated heterocycles. The number of nitrogens with one attached hydrogen (secondary N) is 1. The summed E-state index contributed by atoms with van der Waals surface area (Å²) >= 11 is 0. The van der Waals surface area contributed by atoms with Crippen molar-refractivity contribution < 1.29 is 14.3 Å². The van der Waals surface area contributed by atoms with E-state index >= 15 is 0 Å². The number of ether oxygens (including phenoxy) is 2. The third kappa shape index (κ3) is 5.07. The molecule has 3 rings (SSSR count). The van der Waals surface area contributed by atoms with Crippen LogP contribution in [0.4, 0.5) is 0 Å². The van der Waals surface area contributed by atoms with Gasteiger partial charge in [0.2, 0.25) is 5.91 Å². The second-order valence-electron chi connectivity index (χ2n) is 6.41. The van der Waals surface area contributed by atoms with Gasteiger partial charge in [0.15, 0.2) is 0 Å². The van der Waals surface area contributed by atoms with Gasteiger partial charge in [0.05, 0.1) is 19.8 Å². The van der Waals surface area contributed by atoms with Crippen LogP contribution >= 0.6 is 0 Å². The number of nitrogens with zero attached hydrogens (tertiary/aromatic N) is 1. The van der Waals surface area contributed by atoms with Gasteiger partial charge in [-0.05, 0) is 11.6 Å². The monoisotopic (exact) mass is 354 g/mol. The fourth-order valence-electron chi connectivity index (χ4n) is 3.17. The van der Waals surface area contributed by atoms with Gasteiger partial charge in [0.25, 0.3) is 0 Å². The van der Waals surface area contributed by atoms with Crippen molar-refractivity contribution in [3.05, 3.63) is 65.7 Å². The topological polar surface area (TPSA) is 50.8 Å². The van der Waals surface area contributed by atoms with Crippen molar-refractivity contribution in [3.63, 3.8) is 0 Å². The van der Waals surface area contributed by atoms with E-state index in [2.05, 4.69) is 22.3 Å². The maximum Gasteiger partial charge on any atom is 0.221 e. The first-order valence-corrected chi connectivity index (χ1v) is 9.04. The molecule has 0 unspecified atom stereocenters. The van der Waals surface area contributed by atoms with E-state index in [9.17, 15) is 4.79 Å². The molecule has 26 heavy (non-hydrogen) atoms. The minimum atomic E-state index is 0.0543. The zero-order valence-corrected chi connectivity index (χ0v) is 15.2. The summed E-state index contributed by atoms with van der Waals surface area (Å²) in [5, 5.41) is 2.98. The molecule has 5 nitrogen and oxygen atoms in total. The van der Waals surface area contributed by atoms with Gasteiger partial charge in [-0.2, -0.15) is 0 Å². The molecule has 0 saturated carbocycles. The average molecular weight is 354 g/mol. The maximum atomic E-state index is 12.2. The number of para-hydroxylation sites is 1. The van der Waals surface area contributed by atoms with Crippen LogP contribution in [0.3, 0.4) is 0 Å². The highest BCUT2D eigenvalue weighted by Gasteiger charge is 2.22. The van der Waals surface area contributed by atoms with E-state index in [0.29, 0.717) is 19.6 Å². The van der Waals surface area contributed by atoms with E-state index in [-0.39, 0.29) is 12.0 Å². The maximum absolute atomic E-state index is 12.2. The molecule has 0 aliphatic carbocycles. The summed E-state index contributed by atoms with van der Waals surface area (Å²) in [7, 11) is 1.64. The van der Waals surface area contributed by atoms with Crippen molar-refractivity contribution in [3.8, 4) is 5.75 Å². The van der Waals surface area contributed by atoms with Gasteiger partial charge in [-0.25, -0.2) is 0 Å². The predicted molar refractivity (Wildman–Crippen MR) is 101 cm³/mol. The lowest BCUT2D eigenvalue weighted by Gasteiger charge is -2.33. The van der Waals surface area contributed by atoms with Gasteiger partial charge in [0.1, 0.15) is 5.75 Å².